The second-order valence-corrected chi connectivity index (χ2v) is 7.02. The molecule has 2 aliphatic rings. The summed E-state index contributed by atoms with van der Waals surface area (Å²) < 4.78 is 42.2. The molecular weight excluding hydrogens is 285 g/mol. The quantitative estimate of drug-likeness (QED) is 0.463. The molecule has 0 aromatic rings. The van der Waals surface area contributed by atoms with Crippen LogP contribution in [0.5, 0.6) is 0 Å². The number of hydrogen-bond donors (Lipinski definition) is 0. The van der Waals surface area contributed by atoms with E-state index in [1.165, 1.54) is 50.7 Å². The van der Waals surface area contributed by atoms with Crippen molar-refractivity contribution >= 4 is 0 Å². The molecule has 0 amide bonds. The van der Waals surface area contributed by atoms with Crippen molar-refractivity contribution < 1.29 is 13.2 Å². The van der Waals surface area contributed by atoms with Crippen LogP contribution in [0.15, 0.2) is 24.1 Å². The van der Waals surface area contributed by atoms with Crippen molar-refractivity contribution in [2.45, 2.75) is 83.0 Å². The summed E-state index contributed by atoms with van der Waals surface area (Å²) in [6.07, 6.45) is 12.3. The van der Waals surface area contributed by atoms with Crippen LogP contribution in [-0.2, 0) is 0 Å². The van der Waals surface area contributed by atoms with Crippen molar-refractivity contribution in [2.75, 3.05) is 0 Å². The largest absolute Gasteiger partial charge is 0.236 e. The van der Waals surface area contributed by atoms with Crippen LogP contribution in [0.25, 0.3) is 0 Å². The normalized spacial score (nSPS) is 35.5. The van der Waals surface area contributed by atoms with Crippen molar-refractivity contribution in [1.82, 2.24) is 0 Å². The molecule has 0 aromatic carbocycles. The summed E-state index contributed by atoms with van der Waals surface area (Å²) >= 11 is 0. The molecule has 0 saturated heterocycles. The molecular formula is C19H29F3. The topological polar surface area (TPSA) is 0 Å². The summed E-state index contributed by atoms with van der Waals surface area (Å²) in [4.78, 5) is 0. The van der Waals surface area contributed by atoms with Crippen molar-refractivity contribution in [3.63, 3.8) is 0 Å². The van der Waals surface area contributed by atoms with Crippen LogP contribution in [0.2, 0.25) is 0 Å². The number of alkyl halides is 2. The molecule has 1 fully saturated rings. The van der Waals surface area contributed by atoms with Gasteiger partial charge in [0.05, 0.1) is 0 Å². The molecule has 2 unspecified atom stereocenters. The Morgan fingerprint density at radius 3 is 2.45 bits per heavy atom. The molecule has 2 aliphatic carbocycles. The van der Waals surface area contributed by atoms with Crippen LogP contribution in [0.3, 0.4) is 0 Å². The van der Waals surface area contributed by atoms with Crippen molar-refractivity contribution in [2.24, 2.45) is 11.8 Å². The Bertz CT molecular complexity index is 393. The van der Waals surface area contributed by atoms with E-state index >= 15 is 0 Å². The molecule has 1 saturated carbocycles. The zero-order valence-corrected chi connectivity index (χ0v) is 13.7. The molecule has 0 N–H and O–H groups in total. The zero-order valence-electron chi connectivity index (χ0n) is 13.7. The van der Waals surface area contributed by atoms with Crippen LogP contribution in [0.4, 0.5) is 13.2 Å². The summed E-state index contributed by atoms with van der Waals surface area (Å²) in [6.45, 7) is 2.21. The van der Waals surface area contributed by atoms with Crippen molar-refractivity contribution in [1.29, 1.82) is 0 Å². The fourth-order valence-electron chi connectivity index (χ4n) is 3.94. The van der Waals surface area contributed by atoms with E-state index in [9.17, 15) is 13.2 Å². The highest BCUT2D eigenvalue weighted by Gasteiger charge is 2.48. The minimum atomic E-state index is -2.13. The van der Waals surface area contributed by atoms with E-state index < -0.39 is 17.7 Å². The Hall–Kier alpha value is -0.730. The van der Waals surface area contributed by atoms with E-state index in [1.54, 1.807) is 0 Å². The van der Waals surface area contributed by atoms with Crippen LogP contribution in [0, 0.1) is 11.8 Å². The summed E-state index contributed by atoms with van der Waals surface area (Å²) in [6, 6.07) is 0. The smallest absolute Gasteiger partial charge is 0.189 e. The number of unbranched alkanes of at least 4 members (excludes halogenated alkanes) is 4. The van der Waals surface area contributed by atoms with Gasteiger partial charge >= 0.3 is 0 Å². The average Bonchev–Trinajstić information content (AvgIpc) is 2.53. The third-order valence-electron chi connectivity index (χ3n) is 5.43. The average molecular weight is 314 g/mol. The minimum absolute atomic E-state index is 0.380. The van der Waals surface area contributed by atoms with Gasteiger partial charge in [0.25, 0.3) is 0 Å². The predicted molar refractivity (Wildman–Crippen MR) is 85.9 cm³/mol. The third kappa shape index (κ3) is 4.17. The Morgan fingerprint density at radius 2 is 1.77 bits per heavy atom. The highest BCUT2D eigenvalue weighted by molar-refractivity contribution is 5.28. The van der Waals surface area contributed by atoms with Gasteiger partial charge < -0.3 is 0 Å². The summed E-state index contributed by atoms with van der Waals surface area (Å²) in [7, 11) is 0. The molecule has 0 bridgehead atoms. The Balaban J connectivity index is 1.75. The standard InChI is InChI=1S/C19H29F3/c1-2-3-4-5-6-8-15-10-12-16(13-11-15)19(22)14-7-9-17(20)18(19)21/h7,9,14-16,18H,2-6,8,10-13H2,1H3. The van der Waals surface area contributed by atoms with Crippen LogP contribution >= 0.6 is 0 Å². The maximum absolute atomic E-state index is 14.9. The van der Waals surface area contributed by atoms with Gasteiger partial charge in [-0.3, -0.25) is 0 Å². The van der Waals surface area contributed by atoms with Gasteiger partial charge in [-0.15, -0.1) is 0 Å². The van der Waals surface area contributed by atoms with Gasteiger partial charge in [0, 0.05) is 5.92 Å². The number of rotatable bonds is 7. The lowest BCUT2D eigenvalue weighted by molar-refractivity contribution is 0.0179. The van der Waals surface area contributed by atoms with Gasteiger partial charge in [-0.2, -0.15) is 0 Å². The van der Waals surface area contributed by atoms with Crippen LogP contribution in [-0.4, -0.2) is 11.8 Å². The molecule has 0 heterocycles. The van der Waals surface area contributed by atoms with Gasteiger partial charge in [-0.25, -0.2) is 13.2 Å². The lowest BCUT2D eigenvalue weighted by Crippen LogP contribution is -2.44. The van der Waals surface area contributed by atoms with E-state index in [4.69, 9.17) is 0 Å². The van der Waals surface area contributed by atoms with Gasteiger partial charge in [0.15, 0.2) is 11.8 Å². The van der Waals surface area contributed by atoms with Gasteiger partial charge in [0.2, 0.25) is 0 Å². The second-order valence-electron chi connectivity index (χ2n) is 7.02. The molecule has 0 nitrogen and oxygen atoms in total. The molecule has 0 aliphatic heterocycles. The van der Waals surface area contributed by atoms with Gasteiger partial charge in [-0.1, -0.05) is 64.4 Å². The van der Waals surface area contributed by atoms with Gasteiger partial charge in [-0.05, 0) is 30.9 Å². The summed E-state index contributed by atoms with van der Waals surface area (Å²) in [5.74, 6) is -0.704. The minimum Gasteiger partial charge on any atom is -0.236 e. The summed E-state index contributed by atoms with van der Waals surface area (Å²) in [5, 5.41) is 0. The van der Waals surface area contributed by atoms with E-state index in [0.717, 1.165) is 18.9 Å². The first-order valence-corrected chi connectivity index (χ1v) is 8.95. The number of hydrogen-bond acceptors (Lipinski definition) is 0. The lowest BCUT2D eigenvalue weighted by Gasteiger charge is -2.39. The van der Waals surface area contributed by atoms with Crippen LogP contribution in [0.1, 0.15) is 71.1 Å². The Kier molecular flexibility index (Phi) is 6.58. The first kappa shape index (κ1) is 17.6. The van der Waals surface area contributed by atoms with Crippen LogP contribution < -0.4 is 0 Å². The maximum Gasteiger partial charge on any atom is 0.189 e. The molecule has 2 atom stereocenters. The zero-order chi connectivity index (χ0) is 16.0. The molecule has 2 rings (SSSR count). The first-order chi connectivity index (χ1) is 10.6. The SMILES string of the molecule is CCCCCCCC1CCC(C2(F)C=CC=C(F)C2F)CC1. The van der Waals surface area contributed by atoms with E-state index in [1.807, 2.05) is 0 Å². The molecule has 0 aromatic heterocycles. The fourth-order valence-corrected chi connectivity index (χ4v) is 3.94. The Labute approximate surface area is 132 Å². The van der Waals surface area contributed by atoms with Gasteiger partial charge in [0.1, 0.15) is 5.83 Å². The number of halogens is 3. The fraction of sp³-hybridized carbons (Fsp3) is 0.789. The third-order valence-corrected chi connectivity index (χ3v) is 5.43. The highest BCUT2D eigenvalue weighted by Crippen LogP contribution is 2.45. The van der Waals surface area contributed by atoms with Crippen molar-refractivity contribution in [3.8, 4) is 0 Å². The van der Waals surface area contributed by atoms with E-state index in [0.29, 0.717) is 18.8 Å². The van der Waals surface area contributed by atoms with E-state index in [-0.39, 0.29) is 5.92 Å². The van der Waals surface area contributed by atoms with Crippen molar-refractivity contribution in [3.05, 3.63) is 24.1 Å². The monoisotopic (exact) mass is 314 g/mol. The second kappa shape index (κ2) is 8.21. The molecule has 0 radical (unpaired) electrons. The molecule has 22 heavy (non-hydrogen) atoms. The maximum atomic E-state index is 14.9. The van der Waals surface area contributed by atoms with E-state index in [2.05, 4.69) is 6.92 Å². The lowest BCUT2D eigenvalue weighted by atomic mass is 9.70. The number of allylic oxidation sites excluding steroid dienone is 4. The molecule has 0 spiro atoms. The highest BCUT2D eigenvalue weighted by atomic mass is 19.2. The Morgan fingerprint density at radius 1 is 1.09 bits per heavy atom. The summed E-state index contributed by atoms with van der Waals surface area (Å²) in [5.41, 5.74) is -2.13. The molecule has 3 heteroatoms. The molecule has 126 valence electrons. The first-order valence-electron chi connectivity index (χ1n) is 8.95. The predicted octanol–water partition coefficient (Wildman–Crippen LogP) is 6.62.